The lowest BCUT2D eigenvalue weighted by atomic mass is 10.1. The summed E-state index contributed by atoms with van der Waals surface area (Å²) < 4.78 is 33.4. The van der Waals surface area contributed by atoms with Crippen LogP contribution in [0.15, 0.2) is 70.2 Å². The molecule has 2 heterocycles. The van der Waals surface area contributed by atoms with Crippen LogP contribution in [0.3, 0.4) is 0 Å². The molecule has 160 valence electrons. The van der Waals surface area contributed by atoms with E-state index in [-0.39, 0.29) is 22.5 Å². The Morgan fingerprint density at radius 3 is 2.48 bits per heavy atom. The fraction of sp³-hybridized carbons (Fsp3) is 0.182. The molecule has 0 radical (unpaired) electrons. The average molecular weight is 439 g/mol. The number of furan rings is 1. The highest BCUT2D eigenvalue weighted by Crippen LogP contribution is 2.33. The number of carbonyl (C=O) groups excluding carboxylic acids is 2. The van der Waals surface area contributed by atoms with Crippen molar-refractivity contribution in [2.75, 3.05) is 21.5 Å². The molecule has 4 rings (SSSR count). The molecule has 2 N–H and O–H groups in total. The molecule has 0 fully saturated rings. The zero-order valence-electron chi connectivity index (χ0n) is 16.8. The molecule has 3 aromatic rings. The topological polar surface area (TPSA) is 109 Å². The number of anilines is 3. The Kier molecular flexibility index (Phi) is 5.51. The third-order valence-electron chi connectivity index (χ3n) is 4.98. The first-order valence-corrected chi connectivity index (χ1v) is 11.3. The Morgan fingerprint density at radius 1 is 1.06 bits per heavy atom. The van der Waals surface area contributed by atoms with Gasteiger partial charge in [0.2, 0.25) is 5.91 Å². The highest BCUT2D eigenvalue weighted by molar-refractivity contribution is 7.92. The van der Waals surface area contributed by atoms with E-state index >= 15 is 0 Å². The van der Waals surface area contributed by atoms with Gasteiger partial charge in [0.15, 0.2) is 5.76 Å². The fourth-order valence-corrected chi connectivity index (χ4v) is 4.42. The quantitative estimate of drug-likeness (QED) is 0.610. The summed E-state index contributed by atoms with van der Waals surface area (Å²) in [5.74, 6) is -0.192. The number of sulfonamides is 1. The summed E-state index contributed by atoms with van der Waals surface area (Å²) >= 11 is 0. The van der Waals surface area contributed by atoms with E-state index in [2.05, 4.69) is 10.0 Å². The third-order valence-corrected chi connectivity index (χ3v) is 6.38. The number of fused-ring (bicyclic) bond motifs is 1. The minimum absolute atomic E-state index is 0.0611. The Labute approximate surface area is 179 Å². The van der Waals surface area contributed by atoms with Crippen molar-refractivity contribution in [2.24, 2.45) is 0 Å². The van der Waals surface area contributed by atoms with Gasteiger partial charge in [-0.05, 0) is 60.5 Å². The second-order valence-corrected chi connectivity index (χ2v) is 8.74. The minimum atomic E-state index is -3.85. The molecule has 9 heteroatoms. The maximum atomic E-state index is 12.8. The molecule has 0 saturated carbocycles. The van der Waals surface area contributed by atoms with E-state index < -0.39 is 10.0 Å². The van der Waals surface area contributed by atoms with E-state index in [0.29, 0.717) is 36.4 Å². The second kappa shape index (κ2) is 8.27. The van der Waals surface area contributed by atoms with Crippen LogP contribution in [-0.4, -0.2) is 26.8 Å². The largest absolute Gasteiger partial charge is 0.459 e. The molecule has 0 spiro atoms. The van der Waals surface area contributed by atoms with Crippen molar-refractivity contribution in [3.8, 4) is 0 Å². The van der Waals surface area contributed by atoms with Crippen LogP contribution in [0.4, 0.5) is 17.1 Å². The number of rotatable bonds is 6. The van der Waals surface area contributed by atoms with Crippen molar-refractivity contribution in [1.82, 2.24) is 0 Å². The molecular formula is C22H21N3O5S. The van der Waals surface area contributed by atoms with Gasteiger partial charge < -0.3 is 14.6 Å². The summed E-state index contributed by atoms with van der Waals surface area (Å²) in [6.45, 7) is 2.23. The van der Waals surface area contributed by atoms with Crippen molar-refractivity contribution in [1.29, 1.82) is 0 Å². The van der Waals surface area contributed by atoms with Gasteiger partial charge in [0, 0.05) is 24.3 Å². The predicted molar refractivity (Wildman–Crippen MR) is 117 cm³/mol. The van der Waals surface area contributed by atoms with Gasteiger partial charge in [0.25, 0.3) is 15.9 Å². The summed E-state index contributed by atoms with van der Waals surface area (Å²) in [6, 6.07) is 14.3. The standard InChI is InChI=1S/C22H21N3O5S/c1-2-21(26)23-16-7-9-18(10-8-16)31(28,29)24-17-6-5-15-11-12-25(19(15)14-17)22(27)20-4-3-13-30-20/h3-10,13-14,24H,2,11-12H2,1H3,(H,23,26). The van der Waals surface area contributed by atoms with E-state index in [0.717, 1.165) is 5.56 Å². The molecule has 31 heavy (non-hydrogen) atoms. The number of carbonyl (C=O) groups is 2. The number of hydrogen-bond acceptors (Lipinski definition) is 5. The van der Waals surface area contributed by atoms with Crippen LogP contribution in [0.5, 0.6) is 0 Å². The van der Waals surface area contributed by atoms with Crippen LogP contribution in [0, 0.1) is 0 Å². The van der Waals surface area contributed by atoms with Crippen molar-refractivity contribution in [3.05, 3.63) is 72.2 Å². The maximum Gasteiger partial charge on any atom is 0.293 e. The molecule has 0 unspecified atom stereocenters. The van der Waals surface area contributed by atoms with Gasteiger partial charge in [-0.15, -0.1) is 0 Å². The summed E-state index contributed by atoms with van der Waals surface area (Å²) in [7, 11) is -3.85. The number of hydrogen-bond donors (Lipinski definition) is 2. The average Bonchev–Trinajstić information content (AvgIpc) is 3.43. The van der Waals surface area contributed by atoms with Crippen LogP contribution in [-0.2, 0) is 21.2 Å². The van der Waals surface area contributed by atoms with Gasteiger partial charge >= 0.3 is 0 Å². The van der Waals surface area contributed by atoms with Crippen molar-refractivity contribution in [2.45, 2.75) is 24.7 Å². The molecule has 1 aliphatic heterocycles. The summed E-state index contributed by atoms with van der Waals surface area (Å²) in [5.41, 5.74) is 2.48. The Morgan fingerprint density at radius 2 is 1.81 bits per heavy atom. The van der Waals surface area contributed by atoms with Gasteiger partial charge in [-0.1, -0.05) is 13.0 Å². The molecule has 1 aromatic heterocycles. The normalized spacial score (nSPS) is 13.0. The van der Waals surface area contributed by atoms with Crippen LogP contribution >= 0.6 is 0 Å². The van der Waals surface area contributed by atoms with Crippen LogP contribution < -0.4 is 14.9 Å². The van der Waals surface area contributed by atoms with Crippen LogP contribution in [0.25, 0.3) is 0 Å². The molecule has 0 bridgehead atoms. The van der Waals surface area contributed by atoms with Crippen molar-refractivity contribution in [3.63, 3.8) is 0 Å². The van der Waals surface area contributed by atoms with Gasteiger partial charge in [0.1, 0.15) is 0 Å². The molecule has 2 amide bonds. The highest BCUT2D eigenvalue weighted by Gasteiger charge is 2.28. The molecule has 2 aromatic carbocycles. The number of nitrogens with zero attached hydrogens (tertiary/aromatic N) is 1. The number of amides is 2. The lowest BCUT2D eigenvalue weighted by molar-refractivity contribution is -0.115. The molecule has 0 aliphatic carbocycles. The van der Waals surface area contributed by atoms with Crippen LogP contribution in [0.2, 0.25) is 0 Å². The lowest BCUT2D eigenvalue weighted by Crippen LogP contribution is -2.28. The third kappa shape index (κ3) is 4.31. The van der Waals surface area contributed by atoms with Crippen molar-refractivity contribution >= 4 is 38.9 Å². The summed E-state index contributed by atoms with van der Waals surface area (Å²) in [5, 5.41) is 2.68. The second-order valence-electron chi connectivity index (χ2n) is 7.06. The lowest BCUT2D eigenvalue weighted by Gasteiger charge is -2.17. The monoisotopic (exact) mass is 439 g/mol. The molecule has 0 saturated heterocycles. The molecular weight excluding hydrogens is 418 g/mol. The fourth-order valence-electron chi connectivity index (χ4n) is 3.37. The molecule has 0 atom stereocenters. The first-order valence-electron chi connectivity index (χ1n) is 9.78. The van der Waals surface area contributed by atoms with Gasteiger partial charge in [-0.3, -0.25) is 14.3 Å². The molecule has 8 nitrogen and oxygen atoms in total. The van der Waals surface area contributed by atoms with Crippen LogP contribution in [0.1, 0.15) is 29.5 Å². The van der Waals surface area contributed by atoms with E-state index in [1.807, 2.05) is 6.07 Å². The molecule has 1 aliphatic rings. The minimum Gasteiger partial charge on any atom is -0.459 e. The maximum absolute atomic E-state index is 12.8. The van der Waals surface area contributed by atoms with E-state index in [9.17, 15) is 18.0 Å². The Bertz CT molecular complexity index is 1220. The van der Waals surface area contributed by atoms with E-state index in [1.54, 1.807) is 36.1 Å². The summed E-state index contributed by atoms with van der Waals surface area (Å²) in [4.78, 5) is 25.8. The first kappa shape index (κ1) is 20.7. The summed E-state index contributed by atoms with van der Waals surface area (Å²) in [6.07, 6.45) is 2.45. The first-order chi connectivity index (χ1) is 14.9. The van der Waals surface area contributed by atoms with E-state index in [1.165, 1.54) is 30.5 Å². The zero-order chi connectivity index (χ0) is 22.0. The number of nitrogens with one attached hydrogen (secondary N) is 2. The number of benzene rings is 2. The van der Waals surface area contributed by atoms with E-state index in [4.69, 9.17) is 4.42 Å². The SMILES string of the molecule is CCC(=O)Nc1ccc(S(=O)(=O)Nc2ccc3c(c2)N(C(=O)c2ccco2)CC3)cc1. The van der Waals surface area contributed by atoms with Gasteiger partial charge in [-0.2, -0.15) is 0 Å². The van der Waals surface area contributed by atoms with Gasteiger partial charge in [-0.25, -0.2) is 8.42 Å². The zero-order valence-corrected chi connectivity index (χ0v) is 17.6. The highest BCUT2D eigenvalue weighted by atomic mass is 32.2. The smallest absolute Gasteiger partial charge is 0.293 e. The predicted octanol–water partition coefficient (Wildman–Crippen LogP) is 3.63. The Balaban J connectivity index is 1.54. The van der Waals surface area contributed by atoms with Crippen molar-refractivity contribution < 1.29 is 22.4 Å². The Hall–Kier alpha value is -3.59. The van der Waals surface area contributed by atoms with Gasteiger partial charge in [0.05, 0.1) is 16.8 Å².